The fraction of sp³-hybridized carbons (Fsp3) is 0.509. The monoisotopic (exact) mass is 957 g/mol. The number of ether oxygens (including phenoxy) is 9. The van der Waals surface area contributed by atoms with Crippen LogP contribution >= 0.6 is 0 Å². The molecule has 2 aliphatic heterocycles. The summed E-state index contributed by atoms with van der Waals surface area (Å²) < 4.78 is 52.0. The van der Waals surface area contributed by atoms with E-state index in [4.69, 9.17) is 42.9 Å². The molecule has 0 spiro atoms. The number of hydrogen-bond donors (Lipinski definition) is 1. The molecule has 0 unspecified atom stereocenters. The van der Waals surface area contributed by atoms with Gasteiger partial charge >= 0.3 is 5.97 Å². The van der Waals surface area contributed by atoms with Crippen LogP contribution < -0.4 is 19.5 Å². The van der Waals surface area contributed by atoms with Crippen LogP contribution in [0.5, 0.6) is 17.2 Å². The normalized spacial score (nSPS) is 19.4. The number of likely N-dealkylation sites (tertiary alicyclic amines) is 2. The summed E-state index contributed by atoms with van der Waals surface area (Å²) in [6.45, 7) is 15.4. The van der Waals surface area contributed by atoms with E-state index in [-0.39, 0.29) is 68.6 Å². The number of allylic oxidation sites excluding steroid dienone is 5. The summed E-state index contributed by atoms with van der Waals surface area (Å²) in [4.78, 5) is 46.1. The number of aliphatic imine (C=N–C) groups is 1. The molecule has 0 radical (unpaired) electrons. The van der Waals surface area contributed by atoms with E-state index in [1.807, 2.05) is 78.5 Å². The van der Waals surface area contributed by atoms with Crippen molar-refractivity contribution in [2.75, 3.05) is 87.7 Å². The van der Waals surface area contributed by atoms with E-state index in [2.05, 4.69) is 29.3 Å². The first-order valence-electron chi connectivity index (χ1n) is 23.7. The molecule has 2 aromatic carbocycles. The van der Waals surface area contributed by atoms with Crippen molar-refractivity contribution in [2.24, 2.45) is 10.9 Å². The minimum atomic E-state index is -0.340. The van der Waals surface area contributed by atoms with E-state index in [1.54, 1.807) is 21.1 Å². The molecule has 0 aromatic heterocycles. The van der Waals surface area contributed by atoms with Gasteiger partial charge in [0.05, 0.1) is 85.0 Å². The second-order valence-electron chi connectivity index (χ2n) is 16.8. The number of carbonyl (C=O) groups excluding carboxylic acids is 3. The number of nitrogens with zero attached hydrogens (tertiary/aromatic N) is 3. The molecule has 376 valence electrons. The summed E-state index contributed by atoms with van der Waals surface area (Å²) in [5.74, 6) is 2.35. The number of esters is 1. The molecular weight excluding hydrogens is 885 g/mol. The highest BCUT2D eigenvalue weighted by atomic mass is 16.6. The Balaban J connectivity index is 1.26. The zero-order valence-corrected chi connectivity index (χ0v) is 41.4. The summed E-state index contributed by atoms with van der Waals surface area (Å²) in [6.07, 6.45) is 12.2. The second-order valence-corrected chi connectivity index (χ2v) is 16.8. The maximum absolute atomic E-state index is 13.9. The van der Waals surface area contributed by atoms with Gasteiger partial charge < -0.3 is 57.7 Å². The lowest BCUT2D eigenvalue weighted by Crippen LogP contribution is -2.46. The van der Waals surface area contributed by atoms with Crippen molar-refractivity contribution in [1.82, 2.24) is 15.1 Å². The number of hydrogen-bond acceptors (Lipinski definition) is 14. The van der Waals surface area contributed by atoms with Gasteiger partial charge in [-0.3, -0.25) is 19.4 Å². The van der Waals surface area contributed by atoms with E-state index in [9.17, 15) is 14.4 Å². The zero-order valence-electron chi connectivity index (χ0n) is 41.4. The Morgan fingerprint density at radius 2 is 1.54 bits per heavy atom. The number of carbonyl (C=O) groups is 3. The first-order valence-corrected chi connectivity index (χ1v) is 23.7. The summed E-state index contributed by atoms with van der Waals surface area (Å²) in [5.41, 5.74) is 5.38. The van der Waals surface area contributed by atoms with Gasteiger partial charge in [-0.05, 0) is 86.7 Å². The second kappa shape index (κ2) is 28.5. The Labute approximate surface area is 407 Å². The molecule has 1 N–H and O–H groups in total. The minimum Gasteiger partial charge on any atom is -0.498 e. The van der Waals surface area contributed by atoms with E-state index in [0.717, 1.165) is 48.1 Å². The first-order chi connectivity index (χ1) is 33.5. The van der Waals surface area contributed by atoms with Gasteiger partial charge in [0, 0.05) is 56.9 Å². The fourth-order valence-corrected chi connectivity index (χ4v) is 8.46. The van der Waals surface area contributed by atoms with Crippen LogP contribution in [0, 0.1) is 5.92 Å². The zero-order chi connectivity index (χ0) is 49.5. The van der Waals surface area contributed by atoms with E-state index in [0.29, 0.717) is 93.4 Å². The Hall–Kier alpha value is -5.94. The quantitative estimate of drug-likeness (QED) is 0.0385. The first kappa shape index (κ1) is 54.0. The number of unbranched alkanes of at least 4 members (excludes halogenated alkanes) is 1. The van der Waals surface area contributed by atoms with E-state index >= 15 is 0 Å². The SMILES string of the molecule is C=CCC/C=C1/C[C@@H](C=Nc2ccc(OC)c(OCc3cc(COC4=C(OC)C[C@H](C(=O)N5CCC(=C)/C5=C\C)[C@H](NC)C4)cc(OCCOCCOCCOCCC(=O)OC)c3)c2)N(C(C)=O)C1. The molecule has 2 fully saturated rings. The molecule has 0 bridgehead atoms. The van der Waals surface area contributed by atoms with Crippen LogP contribution in [0.2, 0.25) is 0 Å². The topological polar surface area (TPSA) is 165 Å². The van der Waals surface area contributed by atoms with Crippen LogP contribution in [-0.4, -0.2) is 134 Å². The highest BCUT2D eigenvalue weighted by Crippen LogP contribution is 2.37. The summed E-state index contributed by atoms with van der Waals surface area (Å²) >= 11 is 0. The van der Waals surface area contributed by atoms with Crippen LogP contribution in [0.1, 0.15) is 69.9 Å². The number of rotatable bonds is 28. The molecule has 69 heavy (non-hydrogen) atoms. The lowest BCUT2D eigenvalue weighted by atomic mass is 9.85. The molecule has 3 atom stereocenters. The van der Waals surface area contributed by atoms with Gasteiger partial charge in [-0.25, -0.2) is 0 Å². The molecule has 1 aliphatic carbocycles. The fourth-order valence-electron chi connectivity index (χ4n) is 8.46. The Bertz CT molecular complexity index is 2180. The van der Waals surface area contributed by atoms with Gasteiger partial charge in [-0.15, -0.1) is 6.58 Å². The van der Waals surface area contributed by atoms with Gasteiger partial charge in [-0.1, -0.05) is 30.4 Å². The van der Waals surface area contributed by atoms with Crippen molar-refractivity contribution in [3.8, 4) is 17.2 Å². The third-order valence-corrected chi connectivity index (χ3v) is 12.1. The Kier molecular flexibility index (Phi) is 22.3. The largest absolute Gasteiger partial charge is 0.498 e. The van der Waals surface area contributed by atoms with Crippen molar-refractivity contribution in [1.29, 1.82) is 0 Å². The molecule has 2 heterocycles. The average Bonchev–Trinajstić information content (AvgIpc) is 3.96. The molecule has 16 heteroatoms. The predicted octanol–water partition coefficient (Wildman–Crippen LogP) is 7.55. The maximum Gasteiger partial charge on any atom is 0.307 e. The third-order valence-electron chi connectivity index (χ3n) is 12.1. The molecule has 2 amide bonds. The van der Waals surface area contributed by atoms with E-state index < -0.39 is 0 Å². The highest BCUT2D eigenvalue weighted by molar-refractivity contribution is 5.84. The molecule has 2 saturated heterocycles. The van der Waals surface area contributed by atoms with Crippen molar-refractivity contribution < 1.29 is 57.0 Å². The lowest BCUT2D eigenvalue weighted by molar-refractivity contribution is -0.142. The molecule has 2 aromatic rings. The summed E-state index contributed by atoms with van der Waals surface area (Å²) in [7, 11) is 6.41. The Morgan fingerprint density at radius 1 is 0.826 bits per heavy atom. The van der Waals surface area contributed by atoms with Crippen molar-refractivity contribution in [2.45, 2.75) is 84.1 Å². The van der Waals surface area contributed by atoms with Crippen molar-refractivity contribution >= 4 is 29.7 Å². The number of nitrogens with one attached hydrogen (secondary N) is 1. The minimum absolute atomic E-state index is 0.00425. The van der Waals surface area contributed by atoms with Gasteiger partial charge in [0.1, 0.15) is 37.1 Å². The Morgan fingerprint density at radius 3 is 2.19 bits per heavy atom. The van der Waals surface area contributed by atoms with Crippen LogP contribution in [-0.2, 0) is 56.0 Å². The third kappa shape index (κ3) is 16.3. The van der Waals surface area contributed by atoms with Crippen molar-refractivity contribution in [3.63, 3.8) is 0 Å². The maximum atomic E-state index is 13.9. The lowest BCUT2D eigenvalue weighted by Gasteiger charge is -2.35. The molecule has 5 rings (SSSR count). The van der Waals surface area contributed by atoms with Crippen LogP contribution in [0.25, 0.3) is 0 Å². The average molecular weight is 957 g/mol. The molecule has 0 saturated carbocycles. The van der Waals surface area contributed by atoms with E-state index in [1.165, 1.54) is 12.7 Å². The van der Waals surface area contributed by atoms with Crippen LogP contribution in [0.4, 0.5) is 5.69 Å². The standard InChI is InChI=1S/C53H72N4O12/c1-9-11-12-13-39-27-43(57(34-39)38(4)58)33-55-42-14-15-48(61-6)50(30-42)68-35-40-26-41(29-44(28-40)67-25-24-66-23-22-65-21-20-64-19-17-52(59)63-8)36-69-51-32-46(54-5)45(31-49(51)62-7)53(60)56-18-16-37(3)47(56)10-2/h9-10,13-15,26,28-30,33,43,45-46,54H,1,3,11-12,16-25,27,31-32,34-36H2,2,4-8H3/b39-13-,47-10+,55-33?/t43-,45-,46+/m0/s1. The van der Waals surface area contributed by atoms with Gasteiger partial charge in [-0.2, -0.15) is 0 Å². The number of benzene rings is 2. The summed E-state index contributed by atoms with van der Waals surface area (Å²) in [6, 6.07) is 11.0. The van der Waals surface area contributed by atoms with Gasteiger partial charge in [0.15, 0.2) is 11.5 Å². The molecule has 3 aliphatic rings. The summed E-state index contributed by atoms with van der Waals surface area (Å²) in [5, 5.41) is 3.36. The van der Waals surface area contributed by atoms with Crippen LogP contribution in [0.15, 0.2) is 101 Å². The van der Waals surface area contributed by atoms with Crippen molar-refractivity contribution in [3.05, 3.63) is 107 Å². The smallest absolute Gasteiger partial charge is 0.307 e. The number of amides is 2. The molecule has 16 nitrogen and oxygen atoms in total. The van der Waals surface area contributed by atoms with Gasteiger partial charge in [0.2, 0.25) is 11.8 Å². The highest BCUT2D eigenvalue weighted by Gasteiger charge is 2.40. The van der Waals surface area contributed by atoms with Crippen LogP contribution in [0.3, 0.4) is 0 Å². The number of methoxy groups -OCH3 is 3. The molecular formula is C53H72N4O12. The van der Waals surface area contributed by atoms with Gasteiger partial charge in [0.25, 0.3) is 0 Å². The predicted molar refractivity (Wildman–Crippen MR) is 263 cm³/mol.